The predicted octanol–water partition coefficient (Wildman–Crippen LogP) is 4.45. The molecule has 0 bridgehead atoms. The molecule has 8 nitrogen and oxygen atoms in total. The molecule has 2 aromatic carbocycles. The lowest BCUT2D eigenvalue weighted by molar-refractivity contribution is 0.181. The number of aryl methyl sites for hydroxylation is 2. The first-order valence-electron chi connectivity index (χ1n) is 13.3. The number of aromatic nitrogens is 2. The van der Waals surface area contributed by atoms with E-state index in [-0.39, 0.29) is 16.7 Å². The molecule has 0 saturated heterocycles. The smallest absolute Gasteiger partial charge is 0.332 e. The van der Waals surface area contributed by atoms with Crippen LogP contribution in [0.4, 0.5) is 5.69 Å². The number of nitrogens with one attached hydrogen (secondary N) is 1. The number of rotatable bonds is 9. The van der Waals surface area contributed by atoms with E-state index in [1.54, 1.807) is 57.8 Å². The third-order valence-electron chi connectivity index (χ3n) is 7.62. The molecule has 2 heterocycles. The molecule has 0 unspecified atom stereocenters. The Morgan fingerprint density at radius 3 is 2.54 bits per heavy atom. The molecule has 1 atom stereocenters. The lowest BCUT2D eigenvalue weighted by Gasteiger charge is -2.25. The lowest BCUT2D eigenvalue weighted by Crippen LogP contribution is -2.30. The molecule has 1 aliphatic carbocycles. The van der Waals surface area contributed by atoms with Crippen molar-refractivity contribution in [3.05, 3.63) is 70.9 Å². The molecule has 3 aromatic rings. The summed E-state index contributed by atoms with van der Waals surface area (Å²) < 4.78 is 37.8. The second-order valence-electron chi connectivity index (χ2n) is 10.2. The number of nitrogens with two attached hydrogens (primary N) is 1. The van der Waals surface area contributed by atoms with Crippen molar-refractivity contribution < 1.29 is 13.2 Å². The molecule has 1 aromatic heterocycles. The third kappa shape index (κ3) is 5.93. The van der Waals surface area contributed by atoms with Crippen LogP contribution in [-0.2, 0) is 23.0 Å². The van der Waals surface area contributed by atoms with Gasteiger partial charge in [-0.3, -0.25) is 13.9 Å². The highest BCUT2D eigenvalue weighted by atomic mass is 32.2. The SMILES string of the molecule is NC[C@H]1CCc2cc(S(=O)(=O)Nc3ccc(-n4ccn(CCCC5CCCCC5)c4=O)cc3)ccc2O1. The normalized spacial score (nSPS) is 18.2. The first kappa shape index (κ1) is 25.6. The van der Waals surface area contributed by atoms with Gasteiger partial charge in [-0.15, -0.1) is 0 Å². The van der Waals surface area contributed by atoms with Gasteiger partial charge in [-0.05, 0) is 79.6 Å². The van der Waals surface area contributed by atoms with Gasteiger partial charge >= 0.3 is 5.69 Å². The van der Waals surface area contributed by atoms with Gasteiger partial charge in [0.1, 0.15) is 11.9 Å². The number of sulfonamides is 1. The Morgan fingerprint density at radius 2 is 1.78 bits per heavy atom. The van der Waals surface area contributed by atoms with E-state index in [1.807, 2.05) is 6.20 Å². The summed E-state index contributed by atoms with van der Waals surface area (Å²) in [5.41, 5.74) is 7.61. The number of fused-ring (bicyclic) bond motifs is 1. The Labute approximate surface area is 218 Å². The highest BCUT2D eigenvalue weighted by Crippen LogP contribution is 2.30. The van der Waals surface area contributed by atoms with Crippen LogP contribution in [0.2, 0.25) is 0 Å². The van der Waals surface area contributed by atoms with Crippen molar-refractivity contribution in [1.82, 2.24) is 9.13 Å². The first-order valence-corrected chi connectivity index (χ1v) is 14.8. The summed E-state index contributed by atoms with van der Waals surface area (Å²) in [6.45, 7) is 1.16. The van der Waals surface area contributed by atoms with Crippen molar-refractivity contribution in [2.75, 3.05) is 11.3 Å². The van der Waals surface area contributed by atoms with E-state index < -0.39 is 10.0 Å². The summed E-state index contributed by atoms with van der Waals surface area (Å²) in [6, 6.07) is 11.8. The van der Waals surface area contributed by atoms with Crippen LogP contribution in [0.5, 0.6) is 5.75 Å². The number of hydrogen-bond acceptors (Lipinski definition) is 5. The number of benzene rings is 2. The first-order chi connectivity index (χ1) is 17.9. The van der Waals surface area contributed by atoms with Crippen LogP contribution in [0.1, 0.15) is 56.9 Å². The molecule has 198 valence electrons. The van der Waals surface area contributed by atoms with Crippen LogP contribution in [0.15, 0.2) is 64.5 Å². The summed E-state index contributed by atoms with van der Waals surface area (Å²) >= 11 is 0. The van der Waals surface area contributed by atoms with Gasteiger partial charge in [-0.1, -0.05) is 32.1 Å². The maximum Gasteiger partial charge on any atom is 0.332 e. The van der Waals surface area contributed by atoms with Crippen LogP contribution >= 0.6 is 0 Å². The monoisotopic (exact) mass is 524 g/mol. The molecule has 2 aliphatic rings. The highest BCUT2D eigenvalue weighted by Gasteiger charge is 2.22. The van der Waals surface area contributed by atoms with Crippen LogP contribution in [0.3, 0.4) is 0 Å². The fourth-order valence-electron chi connectivity index (χ4n) is 5.46. The molecule has 37 heavy (non-hydrogen) atoms. The van der Waals surface area contributed by atoms with E-state index in [4.69, 9.17) is 10.5 Å². The minimum absolute atomic E-state index is 0.0300. The lowest BCUT2D eigenvalue weighted by atomic mass is 9.86. The van der Waals surface area contributed by atoms with Crippen molar-refractivity contribution in [3.8, 4) is 11.4 Å². The molecule has 0 spiro atoms. The van der Waals surface area contributed by atoms with Gasteiger partial charge < -0.3 is 10.5 Å². The molecule has 1 saturated carbocycles. The zero-order chi connectivity index (χ0) is 25.8. The van der Waals surface area contributed by atoms with Crippen LogP contribution in [0, 0.1) is 5.92 Å². The van der Waals surface area contributed by atoms with Gasteiger partial charge in [0.15, 0.2) is 0 Å². The maximum absolute atomic E-state index is 13.0. The van der Waals surface area contributed by atoms with E-state index in [1.165, 1.54) is 38.5 Å². The molecule has 5 rings (SSSR count). The molecule has 1 aliphatic heterocycles. The molecule has 3 N–H and O–H groups in total. The van der Waals surface area contributed by atoms with E-state index in [0.717, 1.165) is 37.3 Å². The van der Waals surface area contributed by atoms with Crippen LogP contribution in [-0.4, -0.2) is 30.2 Å². The third-order valence-corrected chi connectivity index (χ3v) is 8.99. The van der Waals surface area contributed by atoms with E-state index in [9.17, 15) is 13.2 Å². The molecule has 1 fully saturated rings. The second-order valence-corrected chi connectivity index (χ2v) is 11.9. The van der Waals surface area contributed by atoms with E-state index >= 15 is 0 Å². The summed E-state index contributed by atoms with van der Waals surface area (Å²) in [5, 5.41) is 0. The minimum Gasteiger partial charge on any atom is -0.489 e. The van der Waals surface area contributed by atoms with Gasteiger partial charge in [0.2, 0.25) is 0 Å². The molecular weight excluding hydrogens is 488 g/mol. The zero-order valence-electron chi connectivity index (χ0n) is 21.1. The van der Waals surface area contributed by atoms with E-state index in [0.29, 0.717) is 23.7 Å². The maximum atomic E-state index is 13.0. The second kappa shape index (κ2) is 11.1. The van der Waals surface area contributed by atoms with Crippen molar-refractivity contribution in [2.24, 2.45) is 11.7 Å². The van der Waals surface area contributed by atoms with E-state index in [2.05, 4.69) is 4.72 Å². The minimum atomic E-state index is -3.77. The Kier molecular flexibility index (Phi) is 7.71. The molecular formula is C28H36N4O4S. The standard InChI is InChI=1S/C28H36N4O4S/c29-20-25-13-8-22-19-26(14-15-27(22)36-25)37(34,35)30-23-9-11-24(12-10-23)32-18-17-31(28(32)33)16-4-7-21-5-2-1-3-6-21/h9-12,14-15,17-19,21,25,30H,1-8,13,16,20,29H2/t25-/m1/s1. The number of imidazole rings is 1. The fourth-order valence-corrected chi connectivity index (χ4v) is 6.57. The quantitative estimate of drug-likeness (QED) is 0.430. The van der Waals surface area contributed by atoms with Crippen molar-refractivity contribution in [3.63, 3.8) is 0 Å². The van der Waals surface area contributed by atoms with Gasteiger partial charge in [0.05, 0.1) is 10.6 Å². The summed E-state index contributed by atoms with van der Waals surface area (Å²) in [7, 11) is -3.77. The average molecular weight is 525 g/mol. The number of hydrogen-bond donors (Lipinski definition) is 2. The van der Waals surface area contributed by atoms with Gasteiger partial charge in [0, 0.05) is 31.2 Å². The van der Waals surface area contributed by atoms with Gasteiger partial charge in [-0.25, -0.2) is 13.2 Å². The fraction of sp³-hybridized carbons (Fsp3) is 0.464. The molecule has 0 amide bonds. The zero-order valence-corrected chi connectivity index (χ0v) is 22.0. The summed E-state index contributed by atoms with van der Waals surface area (Å²) in [5.74, 6) is 1.50. The van der Waals surface area contributed by atoms with Gasteiger partial charge in [0.25, 0.3) is 10.0 Å². The van der Waals surface area contributed by atoms with Gasteiger partial charge in [-0.2, -0.15) is 0 Å². The van der Waals surface area contributed by atoms with Crippen molar-refractivity contribution >= 4 is 15.7 Å². The van der Waals surface area contributed by atoms with Crippen molar-refractivity contribution in [1.29, 1.82) is 0 Å². The number of anilines is 1. The van der Waals surface area contributed by atoms with Crippen LogP contribution < -0.4 is 20.9 Å². The summed E-state index contributed by atoms with van der Waals surface area (Å²) in [4.78, 5) is 13.1. The Bertz CT molecular complexity index is 1370. The Balaban J connectivity index is 1.22. The largest absolute Gasteiger partial charge is 0.489 e. The van der Waals surface area contributed by atoms with Crippen molar-refractivity contribution in [2.45, 2.75) is 75.3 Å². The van der Waals surface area contributed by atoms with Crippen LogP contribution in [0.25, 0.3) is 5.69 Å². The highest BCUT2D eigenvalue weighted by molar-refractivity contribution is 7.92. The number of ether oxygens (including phenoxy) is 1. The molecule has 9 heteroatoms. The average Bonchev–Trinajstić information content (AvgIpc) is 3.28. The predicted molar refractivity (Wildman–Crippen MR) is 145 cm³/mol. The Hall–Kier alpha value is -3.04. The molecule has 0 radical (unpaired) electrons. The summed E-state index contributed by atoms with van der Waals surface area (Å²) in [6.07, 6.45) is 13.9. The number of nitrogens with zero attached hydrogens (tertiary/aromatic N) is 2. The Morgan fingerprint density at radius 1 is 1.00 bits per heavy atom. The topological polar surface area (TPSA) is 108 Å².